The molecule has 0 radical (unpaired) electrons. The highest BCUT2D eigenvalue weighted by molar-refractivity contribution is 5.82. The van der Waals surface area contributed by atoms with Crippen LogP contribution in [0.5, 0.6) is 0 Å². The summed E-state index contributed by atoms with van der Waals surface area (Å²) in [7, 11) is 0. The van der Waals surface area contributed by atoms with Crippen LogP contribution in [0.1, 0.15) is 32.6 Å². The van der Waals surface area contributed by atoms with Crippen LogP contribution >= 0.6 is 0 Å². The van der Waals surface area contributed by atoms with Gasteiger partial charge in [0.2, 0.25) is 0 Å². The Hall–Kier alpha value is -1.30. The molecule has 17 heavy (non-hydrogen) atoms. The van der Waals surface area contributed by atoms with Crippen LogP contribution in [0.15, 0.2) is 0 Å². The molecule has 0 aromatic heterocycles. The molecule has 1 saturated carbocycles. The summed E-state index contributed by atoms with van der Waals surface area (Å²) in [5, 5.41) is 22.7. The van der Waals surface area contributed by atoms with Gasteiger partial charge in [-0.05, 0) is 25.7 Å². The topological polar surface area (TPSA) is 98.7 Å². The molecular formula is C11H20N2O4. The zero-order valence-corrected chi connectivity index (χ0v) is 9.98. The summed E-state index contributed by atoms with van der Waals surface area (Å²) in [5.74, 6) is -0.419. The minimum atomic E-state index is -1.27. The Balaban J connectivity index is 2.14. The summed E-state index contributed by atoms with van der Waals surface area (Å²) in [6, 6.07) is -1.81. The summed E-state index contributed by atoms with van der Waals surface area (Å²) < 4.78 is 0. The number of hydrogen-bond donors (Lipinski definition) is 4. The average Bonchev–Trinajstić information content (AvgIpc) is 3.04. The number of amides is 2. The van der Waals surface area contributed by atoms with Crippen LogP contribution in [-0.4, -0.2) is 40.9 Å². The first kappa shape index (κ1) is 13.8. The van der Waals surface area contributed by atoms with Crippen LogP contribution in [0.3, 0.4) is 0 Å². The molecule has 1 fully saturated rings. The number of carbonyl (C=O) groups excluding carboxylic acids is 1. The highest BCUT2D eigenvalue weighted by atomic mass is 16.4. The number of hydrogen-bond acceptors (Lipinski definition) is 3. The zero-order chi connectivity index (χ0) is 12.8. The maximum Gasteiger partial charge on any atom is 0.328 e. The second kappa shape index (κ2) is 6.44. The van der Waals surface area contributed by atoms with Crippen molar-refractivity contribution in [1.82, 2.24) is 10.6 Å². The van der Waals surface area contributed by atoms with Gasteiger partial charge >= 0.3 is 12.0 Å². The molecule has 1 rings (SSSR count). The predicted molar refractivity (Wildman–Crippen MR) is 61.6 cm³/mol. The molecule has 4 N–H and O–H groups in total. The Kier molecular flexibility index (Phi) is 5.21. The number of carboxylic acids is 1. The molecule has 0 heterocycles. The standard InChI is InChI=1S/C11H20N2O4/c1-7(14)9(10(15)16)13-11(17)12-6-2-3-8-4-5-8/h7-9,14H,2-6H2,1H3,(H,15,16)(H2,12,13,17). The lowest BCUT2D eigenvalue weighted by atomic mass is 10.2. The lowest BCUT2D eigenvalue weighted by molar-refractivity contribution is -0.141. The molecule has 0 aromatic rings. The third kappa shape index (κ3) is 5.53. The van der Waals surface area contributed by atoms with Crippen molar-refractivity contribution in [2.45, 2.75) is 44.8 Å². The fraction of sp³-hybridized carbons (Fsp3) is 0.818. The molecular weight excluding hydrogens is 224 g/mol. The number of nitrogens with one attached hydrogen (secondary N) is 2. The van der Waals surface area contributed by atoms with Gasteiger partial charge in [0.05, 0.1) is 6.10 Å². The normalized spacial score (nSPS) is 18.2. The maximum atomic E-state index is 11.3. The fourth-order valence-electron chi connectivity index (χ4n) is 1.58. The molecule has 0 aliphatic heterocycles. The Morgan fingerprint density at radius 2 is 2.06 bits per heavy atom. The molecule has 1 aliphatic carbocycles. The molecule has 6 heteroatoms. The third-order valence-corrected chi connectivity index (χ3v) is 2.81. The molecule has 98 valence electrons. The van der Waals surface area contributed by atoms with Crippen LogP contribution in [-0.2, 0) is 4.79 Å². The summed E-state index contributed by atoms with van der Waals surface area (Å²) in [4.78, 5) is 22.0. The van der Waals surface area contributed by atoms with Gasteiger partial charge in [0.1, 0.15) is 0 Å². The Bertz CT molecular complexity index is 277. The van der Waals surface area contributed by atoms with E-state index in [1.54, 1.807) is 0 Å². The Morgan fingerprint density at radius 3 is 2.53 bits per heavy atom. The van der Waals surface area contributed by atoms with Gasteiger partial charge in [0.15, 0.2) is 6.04 Å². The quantitative estimate of drug-likeness (QED) is 0.484. The number of urea groups is 1. The van der Waals surface area contributed by atoms with Crippen LogP contribution in [0.4, 0.5) is 4.79 Å². The van der Waals surface area contributed by atoms with E-state index in [2.05, 4.69) is 10.6 Å². The smallest absolute Gasteiger partial charge is 0.328 e. The van der Waals surface area contributed by atoms with Gasteiger partial charge in [-0.2, -0.15) is 0 Å². The largest absolute Gasteiger partial charge is 0.480 e. The SMILES string of the molecule is CC(O)C(NC(=O)NCCCC1CC1)C(=O)O. The van der Waals surface area contributed by atoms with Crippen molar-refractivity contribution in [3.8, 4) is 0 Å². The number of carboxylic acid groups (broad SMARTS) is 1. The van der Waals surface area contributed by atoms with E-state index in [0.717, 1.165) is 18.8 Å². The first-order valence-corrected chi connectivity index (χ1v) is 5.96. The lowest BCUT2D eigenvalue weighted by Crippen LogP contribution is -2.51. The predicted octanol–water partition coefficient (Wildman–Crippen LogP) is 0.310. The monoisotopic (exact) mass is 244 g/mol. The molecule has 2 unspecified atom stereocenters. The van der Waals surface area contributed by atoms with Gasteiger partial charge in [-0.25, -0.2) is 9.59 Å². The van der Waals surface area contributed by atoms with Crippen LogP contribution in [0, 0.1) is 5.92 Å². The van der Waals surface area contributed by atoms with E-state index in [4.69, 9.17) is 10.2 Å². The van der Waals surface area contributed by atoms with Gasteiger partial charge in [-0.1, -0.05) is 12.8 Å². The Labute approximate surface area is 100 Å². The molecule has 0 saturated heterocycles. The number of rotatable bonds is 7. The van der Waals surface area contributed by atoms with E-state index in [9.17, 15) is 9.59 Å². The summed E-state index contributed by atoms with van der Waals surface area (Å²) >= 11 is 0. The van der Waals surface area contributed by atoms with Crippen molar-refractivity contribution in [3.63, 3.8) is 0 Å². The molecule has 0 aromatic carbocycles. The summed E-state index contributed by atoms with van der Waals surface area (Å²) in [6.07, 6.45) is 3.47. The molecule has 1 aliphatic rings. The van der Waals surface area contributed by atoms with Crippen molar-refractivity contribution in [3.05, 3.63) is 0 Å². The van der Waals surface area contributed by atoms with Gasteiger partial charge in [-0.15, -0.1) is 0 Å². The molecule has 6 nitrogen and oxygen atoms in total. The van der Waals surface area contributed by atoms with Crippen molar-refractivity contribution in [1.29, 1.82) is 0 Å². The van der Waals surface area contributed by atoms with E-state index in [0.29, 0.717) is 6.54 Å². The van der Waals surface area contributed by atoms with Crippen molar-refractivity contribution in [2.24, 2.45) is 5.92 Å². The number of aliphatic carboxylic acids is 1. The van der Waals surface area contributed by atoms with E-state index < -0.39 is 24.1 Å². The van der Waals surface area contributed by atoms with Gasteiger partial charge in [0.25, 0.3) is 0 Å². The summed E-state index contributed by atoms with van der Waals surface area (Å²) in [5.41, 5.74) is 0. The minimum absolute atomic E-state index is 0.536. The molecule has 0 bridgehead atoms. The lowest BCUT2D eigenvalue weighted by Gasteiger charge is -2.17. The van der Waals surface area contributed by atoms with E-state index in [1.165, 1.54) is 19.8 Å². The fourth-order valence-corrected chi connectivity index (χ4v) is 1.58. The number of carbonyl (C=O) groups is 2. The molecule has 0 spiro atoms. The number of aliphatic hydroxyl groups is 1. The van der Waals surface area contributed by atoms with Crippen molar-refractivity contribution < 1.29 is 19.8 Å². The summed E-state index contributed by atoms with van der Waals surface area (Å²) in [6.45, 7) is 1.86. The average molecular weight is 244 g/mol. The maximum absolute atomic E-state index is 11.3. The molecule has 2 amide bonds. The zero-order valence-electron chi connectivity index (χ0n) is 9.98. The Morgan fingerprint density at radius 1 is 1.41 bits per heavy atom. The third-order valence-electron chi connectivity index (χ3n) is 2.81. The van der Waals surface area contributed by atoms with Gasteiger partial charge in [-0.3, -0.25) is 0 Å². The van der Waals surface area contributed by atoms with E-state index in [1.807, 2.05) is 0 Å². The first-order chi connectivity index (χ1) is 8.00. The second-order valence-electron chi connectivity index (χ2n) is 4.54. The second-order valence-corrected chi connectivity index (χ2v) is 4.54. The first-order valence-electron chi connectivity index (χ1n) is 5.96. The highest BCUT2D eigenvalue weighted by Crippen LogP contribution is 2.33. The van der Waals surface area contributed by atoms with E-state index in [-0.39, 0.29) is 0 Å². The van der Waals surface area contributed by atoms with Gasteiger partial charge < -0.3 is 20.8 Å². The van der Waals surface area contributed by atoms with Crippen molar-refractivity contribution in [2.75, 3.05) is 6.54 Å². The van der Waals surface area contributed by atoms with Gasteiger partial charge in [0, 0.05) is 6.54 Å². The minimum Gasteiger partial charge on any atom is -0.480 e. The van der Waals surface area contributed by atoms with Crippen LogP contribution in [0.25, 0.3) is 0 Å². The highest BCUT2D eigenvalue weighted by Gasteiger charge is 2.25. The van der Waals surface area contributed by atoms with Crippen LogP contribution < -0.4 is 10.6 Å². The van der Waals surface area contributed by atoms with E-state index >= 15 is 0 Å². The molecule has 2 atom stereocenters. The van der Waals surface area contributed by atoms with Crippen molar-refractivity contribution >= 4 is 12.0 Å². The number of aliphatic hydroxyl groups excluding tert-OH is 1. The van der Waals surface area contributed by atoms with Crippen LogP contribution in [0.2, 0.25) is 0 Å².